The summed E-state index contributed by atoms with van der Waals surface area (Å²) < 4.78 is 33.0. The first-order chi connectivity index (χ1) is 12.4. The molecular weight excluding hydrogens is 352 g/mol. The van der Waals surface area contributed by atoms with Crippen LogP contribution in [0.15, 0.2) is 33.7 Å². The number of rotatable bonds is 4. The van der Waals surface area contributed by atoms with Crippen LogP contribution in [0, 0.1) is 0 Å². The molecule has 1 aliphatic heterocycles. The van der Waals surface area contributed by atoms with Crippen molar-refractivity contribution in [3.63, 3.8) is 0 Å². The Morgan fingerprint density at radius 2 is 2.08 bits per heavy atom. The van der Waals surface area contributed by atoms with Crippen LogP contribution in [0.4, 0.5) is 0 Å². The lowest BCUT2D eigenvalue weighted by Crippen LogP contribution is -2.44. The zero-order chi connectivity index (χ0) is 18.4. The van der Waals surface area contributed by atoms with Crippen molar-refractivity contribution in [1.29, 1.82) is 0 Å². The average molecular weight is 376 g/mol. The summed E-state index contributed by atoms with van der Waals surface area (Å²) in [7, 11) is -3.54. The highest BCUT2D eigenvalue weighted by atomic mass is 32.2. The monoisotopic (exact) mass is 376 g/mol. The van der Waals surface area contributed by atoms with Gasteiger partial charge >= 0.3 is 0 Å². The van der Waals surface area contributed by atoms with E-state index in [0.29, 0.717) is 23.8 Å². The summed E-state index contributed by atoms with van der Waals surface area (Å²) in [5.74, 6) is 0.803. The molecule has 1 saturated heterocycles. The van der Waals surface area contributed by atoms with Crippen LogP contribution < -0.4 is 5.73 Å². The van der Waals surface area contributed by atoms with Crippen molar-refractivity contribution >= 4 is 10.0 Å². The van der Waals surface area contributed by atoms with Gasteiger partial charge in [-0.15, -0.1) is 0 Å². The second-order valence-electron chi connectivity index (χ2n) is 7.42. The molecule has 0 radical (unpaired) electrons. The van der Waals surface area contributed by atoms with Crippen molar-refractivity contribution in [3.05, 3.63) is 30.1 Å². The molecule has 2 aliphatic rings. The Balaban J connectivity index is 1.64. The molecule has 2 aromatic rings. The Morgan fingerprint density at radius 3 is 2.77 bits per heavy atom. The van der Waals surface area contributed by atoms with Crippen LogP contribution in [0.25, 0.3) is 11.5 Å². The second-order valence-corrected chi connectivity index (χ2v) is 9.31. The van der Waals surface area contributed by atoms with Gasteiger partial charge < -0.3 is 10.3 Å². The zero-order valence-electron chi connectivity index (χ0n) is 14.9. The Morgan fingerprint density at radius 1 is 1.27 bits per heavy atom. The standard InChI is InChI=1S/C18H24N4O3S/c1-13-6-2-3-11-22(13)26(23,24)15-8-4-7-14(12-15)16-20-17(21-25-16)18(19)9-5-10-18/h4,7-8,12-13H,2-3,5-6,9-11,19H2,1H3. The molecule has 1 saturated carbocycles. The third-order valence-electron chi connectivity index (χ3n) is 5.55. The smallest absolute Gasteiger partial charge is 0.258 e. The van der Waals surface area contributed by atoms with Gasteiger partial charge in [-0.1, -0.05) is 17.6 Å². The van der Waals surface area contributed by atoms with Gasteiger partial charge in [-0.2, -0.15) is 9.29 Å². The van der Waals surface area contributed by atoms with E-state index in [1.165, 1.54) is 0 Å². The molecule has 2 fully saturated rings. The minimum Gasteiger partial charge on any atom is -0.334 e. The van der Waals surface area contributed by atoms with Gasteiger partial charge in [0.25, 0.3) is 5.89 Å². The lowest BCUT2D eigenvalue weighted by Gasteiger charge is -2.34. The maximum atomic E-state index is 13.0. The minimum atomic E-state index is -3.54. The summed E-state index contributed by atoms with van der Waals surface area (Å²) in [5.41, 5.74) is 6.33. The zero-order valence-corrected chi connectivity index (χ0v) is 15.7. The van der Waals surface area contributed by atoms with Crippen LogP contribution in [0.1, 0.15) is 51.3 Å². The largest absolute Gasteiger partial charge is 0.334 e. The first kappa shape index (κ1) is 17.6. The van der Waals surface area contributed by atoms with Crippen molar-refractivity contribution in [1.82, 2.24) is 14.4 Å². The third kappa shape index (κ3) is 2.95. The highest BCUT2D eigenvalue weighted by Crippen LogP contribution is 2.38. The number of piperidine rings is 1. The lowest BCUT2D eigenvalue weighted by molar-refractivity contribution is 0.229. The minimum absolute atomic E-state index is 0.0168. The van der Waals surface area contributed by atoms with Gasteiger partial charge in [0.15, 0.2) is 5.82 Å². The molecule has 1 aromatic carbocycles. The molecule has 4 rings (SSSR count). The predicted octanol–water partition coefficient (Wildman–Crippen LogP) is 2.64. The summed E-state index contributed by atoms with van der Waals surface area (Å²) in [4.78, 5) is 4.67. The number of sulfonamides is 1. The van der Waals surface area contributed by atoms with E-state index in [2.05, 4.69) is 10.1 Å². The van der Waals surface area contributed by atoms with E-state index in [0.717, 1.165) is 38.5 Å². The molecule has 1 aromatic heterocycles. The van der Waals surface area contributed by atoms with Crippen molar-refractivity contribution in [2.75, 3.05) is 6.54 Å². The van der Waals surface area contributed by atoms with Gasteiger partial charge in [0.2, 0.25) is 10.0 Å². The van der Waals surface area contributed by atoms with E-state index < -0.39 is 15.6 Å². The van der Waals surface area contributed by atoms with Crippen LogP contribution in [-0.4, -0.2) is 35.5 Å². The normalized spacial score (nSPS) is 23.5. The number of nitrogens with two attached hydrogens (primary N) is 1. The quantitative estimate of drug-likeness (QED) is 0.880. The van der Waals surface area contributed by atoms with Gasteiger partial charge in [0.05, 0.1) is 10.4 Å². The summed E-state index contributed by atoms with van der Waals surface area (Å²) >= 11 is 0. The Kier molecular flexibility index (Phi) is 4.37. The number of nitrogens with zero attached hydrogens (tertiary/aromatic N) is 3. The SMILES string of the molecule is CC1CCCCN1S(=O)(=O)c1cccc(-c2nc(C3(N)CCC3)no2)c1. The van der Waals surface area contributed by atoms with Crippen LogP contribution in [0.5, 0.6) is 0 Å². The van der Waals surface area contributed by atoms with Crippen LogP contribution >= 0.6 is 0 Å². The highest BCUT2D eigenvalue weighted by Gasteiger charge is 2.39. The lowest BCUT2D eigenvalue weighted by atomic mass is 9.77. The Hall–Kier alpha value is -1.77. The molecule has 0 bridgehead atoms. The van der Waals surface area contributed by atoms with E-state index in [1.807, 2.05) is 6.92 Å². The van der Waals surface area contributed by atoms with Crippen LogP contribution in [0.3, 0.4) is 0 Å². The van der Waals surface area contributed by atoms with Crippen molar-refractivity contribution in [3.8, 4) is 11.5 Å². The fourth-order valence-corrected chi connectivity index (χ4v) is 5.42. The number of hydrogen-bond donors (Lipinski definition) is 1. The summed E-state index contributed by atoms with van der Waals surface area (Å²) in [6.45, 7) is 2.53. The van der Waals surface area contributed by atoms with E-state index in [1.54, 1.807) is 28.6 Å². The van der Waals surface area contributed by atoms with Crippen molar-refractivity contribution < 1.29 is 12.9 Å². The van der Waals surface area contributed by atoms with E-state index in [4.69, 9.17) is 10.3 Å². The molecular formula is C18H24N4O3S. The predicted molar refractivity (Wildman–Crippen MR) is 96.7 cm³/mol. The second kappa shape index (κ2) is 6.44. The molecule has 1 atom stereocenters. The number of benzene rings is 1. The van der Waals surface area contributed by atoms with E-state index >= 15 is 0 Å². The maximum Gasteiger partial charge on any atom is 0.258 e. The molecule has 0 amide bonds. The molecule has 7 nitrogen and oxygen atoms in total. The molecule has 2 heterocycles. The Labute approximate surface area is 153 Å². The fourth-order valence-electron chi connectivity index (χ4n) is 3.68. The molecule has 1 unspecified atom stereocenters. The summed E-state index contributed by atoms with van der Waals surface area (Å²) in [5, 5.41) is 4.01. The van der Waals surface area contributed by atoms with Crippen molar-refractivity contribution in [2.45, 2.75) is 61.9 Å². The molecule has 2 N–H and O–H groups in total. The van der Waals surface area contributed by atoms with Gasteiger partial charge in [0.1, 0.15) is 0 Å². The maximum absolute atomic E-state index is 13.0. The van der Waals surface area contributed by atoms with E-state index in [-0.39, 0.29) is 10.9 Å². The first-order valence-electron chi connectivity index (χ1n) is 9.15. The number of hydrogen-bond acceptors (Lipinski definition) is 6. The molecule has 26 heavy (non-hydrogen) atoms. The highest BCUT2D eigenvalue weighted by molar-refractivity contribution is 7.89. The van der Waals surface area contributed by atoms with E-state index in [9.17, 15) is 8.42 Å². The first-order valence-corrected chi connectivity index (χ1v) is 10.6. The fraction of sp³-hybridized carbons (Fsp3) is 0.556. The third-order valence-corrected chi connectivity index (χ3v) is 7.56. The average Bonchev–Trinajstić information content (AvgIpc) is 3.10. The number of aromatic nitrogens is 2. The van der Waals surface area contributed by atoms with Gasteiger partial charge in [-0.05, 0) is 57.2 Å². The Bertz CT molecular complexity index is 905. The van der Waals surface area contributed by atoms with Crippen LogP contribution in [-0.2, 0) is 15.6 Å². The van der Waals surface area contributed by atoms with Gasteiger partial charge in [-0.25, -0.2) is 8.42 Å². The topological polar surface area (TPSA) is 102 Å². The summed E-state index contributed by atoms with van der Waals surface area (Å²) in [6.07, 6.45) is 5.60. The van der Waals surface area contributed by atoms with Gasteiger partial charge in [-0.3, -0.25) is 0 Å². The molecule has 8 heteroatoms. The van der Waals surface area contributed by atoms with Crippen LogP contribution in [0.2, 0.25) is 0 Å². The molecule has 140 valence electrons. The molecule has 1 aliphatic carbocycles. The molecule has 0 spiro atoms. The van der Waals surface area contributed by atoms with Gasteiger partial charge in [0, 0.05) is 18.2 Å². The van der Waals surface area contributed by atoms with Crippen molar-refractivity contribution in [2.24, 2.45) is 5.73 Å². The summed E-state index contributed by atoms with van der Waals surface area (Å²) in [6, 6.07) is 6.73.